The zero-order chi connectivity index (χ0) is 14.1. The predicted molar refractivity (Wildman–Crippen MR) is 82.1 cm³/mol. The van der Waals surface area contributed by atoms with Crippen molar-refractivity contribution in [1.29, 1.82) is 0 Å². The number of hydrogen-bond acceptors (Lipinski definition) is 5. The highest BCUT2D eigenvalue weighted by Gasteiger charge is 2.08. The second-order valence-corrected chi connectivity index (χ2v) is 5.55. The lowest BCUT2D eigenvalue weighted by Crippen LogP contribution is -2.05. The monoisotopic (exact) mass is 285 g/mol. The van der Waals surface area contributed by atoms with Gasteiger partial charge in [-0.1, -0.05) is 12.1 Å². The molecule has 3 aromatic rings. The lowest BCUT2D eigenvalue weighted by Gasteiger charge is -2.10. The van der Waals surface area contributed by atoms with Gasteiger partial charge in [0.1, 0.15) is 23.0 Å². The number of hydrogen-bond donors (Lipinski definition) is 1. The number of benzene rings is 1. The Balaban J connectivity index is 1.84. The maximum absolute atomic E-state index is 5.92. The first-order chi connectivity index (χ1) is 9.65. The van der Waals surface area contributed by atoms with E-state index in [4.69, 9.17) is 10.5 Å². The Morgan fingerprint density at radius 3 is 2.90 bits per heavy atom. The summed E-state index contributed by atoms with van der Waals surface area (Å²) in [5.74, 6) is 1.98. The topological polar surface area (TPSA) is 61.0 Å². The molecular formula is C15H15N3OS. The molecule has 0 radical (unpaired) electrons. The van der Waals surface area contributed by atoms with Crippen LogP contribution in [0.15, 0.2) is 29.6 Å². The maximum atomic E-state index is 5.92. The van der Waals surface area contributed by atoms with Crippen LogP contribution < -0.4 is 10.5 Å². The SMILES string of the molecule is Cc1cccc(OCc2nc(N)c3ccsc3n2)c1C. The van der Waals surface area contributed by atoms with Crippen LogP contribution in [0.2, 0.25) is 0 Å². The standard InChI is InChI=1S/C15H15N3OS/c1-9-4-3-5-12(10(9)2)19-8-13-17-14(16)11-6-7-20-15(11)18-13/h3-7H,8H2,1-2H3,(H2,16,17,18). The van der Waals surface area contributed by atoms with Crippen molar-refractivity contribution in [3.63, 3.8) is 0 Å². The number of ether oxygens (including phenoxy) is 1. The van der Waals surface area contributed by atoms with Crippen LogP contribution in [0, 0.1) is 13.8 Å². The second kappa shape index (κ2) is 5.09. The average Bonchev–Trinajstić information content (AvgIpc) is 2.89. The van der Waals surface area contributed by atoms with Gasteiger partial charge in [0, 0.05) is 0 Å². The molecule has 0 aliphatic rings. The fraction of sp³-hybridized carbons (Fsp3) is 0.200. The lowest BCUT2D eigenvalue weighted by atomic mass is 10.1. The smallest absolute Gasteiger partial charge is 0.169 e. The highest BCUT2D eigenvalue weighted by molar-refractivity contribution is 7.16. The summed E-state index contributed by atoms with van der Waals surface area (Å²) < 4.78 is 5.81. The van der Waals surface area contributed by atoms with Gasteiger partial charge in [-0.05, 0) is 42.5 Å². The first-order valence-electron chi connectivity index (χ1n) is 6.34. The molecule has 0 saturated carbocycles. The van der Waals surface area contributed by atoms with Gasteiger partial charge in [-0.25, -0.2) is 9.97 Å². The van der Waals surface area contributed by atoms with Crippen LogP contribution in [0.3, 0.4) is 0 Å². The average molecular weight is 285 g/mol. The minimum atomic E-state index is 0.322. The van der Waals surface area contributed by atoms with Crippen LogP contribution in [-0.2, 0) is 6.61 Å². The number of rotatable bonds is 3. The van der Waals surface area contributed by atoms with E-state index in [-0.39, 0.29) is 0 Å². The summed E-state index contributed by atoms with van der Waals surface area (Å²) in [6.07, 6.45) is 0. The van der Waals surface area contributed by atoms with Crippen molar-refractivity contribution in [2.45, 2.75) is 20.5 Å². The molecule has 0 fully saturated rings. The van der Waals surface area contributed by atoms with E-state index in [9.17, 15) is 0 Å². The third-order valence-electron chi connectivity index (χ3n) is 3.31. The van der Waals surface area contributed by atoms with Gasteiger partial charge in [-0.2, -0.15) is 0 Å². The van der Waals surface area contributed by atoms with Crippen LogP contribution in [0.4, 0.5) is 5.82 Å². The molecule has 2 heterocycles. The summed E-state index contributed by atoms with van der Waals surface area (Å²) in [4.78, 5) is 9.65. The van der Waals surface area contributed by atoms with E-state index in [1.54, 1.807) is 11.3 Å². The summed E-state index contributed by atoms with van der Waals surface area (Å²) in [6.45, 7) is 4.43. The number of aromatic nitrogens is 2. The Labute approximate surface area is 121 Å². The van der Waals surface area contributed by atoms with Crippen molar-refractivity contribution < 1.29 is 4.74 Å². The normalized spacial score (nSPS) is 10.9. The first kappa shape index (κ1) is 12.9. The Bertz CT molecular complexity index is 767. The van der Waals surface area contributed by atoms with Crippen LogP contribution in [0.25, 0.3) is 10.2 Å². The number of nitrogens with two attached hydrogens (primary N) is 1. The molecule has 0 saturated heterocycles. The highest BCUT2D eigenvalue weighted by atomic mass is 32.1. The zero-order valence-electron chi connectivity index (χ0n) is 11.4. The van der Waals surface area contributed by atoms with Gasteiger partial charge in [0.25, 0.3) is 0 Å². The molecule has 0 aliphatic heterocycles. The Kier molecular flexibility index (Phi) is 3.28. The molecule has 0 amide bonds. The van der Waals surface area contributed by atoms with E-state index in [1.165, 1.54) is 5.56 Å². The van der Waals surface area contributed by atoms with E-state index in [1.807, 2.05) is 30.5 Å². The van der Waals surface area contributed by atoms with Crippen molar-refractivity contribution in [1.82, 2.24) is 9.97 Å². The number of fused-ring (bicyclic) bond motifs is 1. The van der Waals surface area contributed by atoms with Gasteiger partial charge in [0.2, 0.25) is 0 Å². The summed E-state index contributed by atoms with van der Waals surface area (Å²) in [7, 11) is 0. The zero-order valence-corrected chi connectivity index (χ0v) is 12.2. The van der Waals surface area contributed by atoms with Crippen LogP contribution in [-0.4, -0.2) is 9.97 Å². The van der Waals surface area contributed by atoms with E-state index in [0.29, 0.717) is 18.2 Å². The quantitative estimate of drug-likeness (QED) is 0.800. The molecule has 2 N–H and O–H groups in total. The number of thiophene rings is 1. The van der Waals surface area contributed by atoms with Gasteiger partial charge >= 0.3 is 0 Å². The van der Waals surface area contributed by atoms with Crippen LogP contribution in [0.5, 0.6) is 5.75 Å². The third-order valence-corrected chi connectivity index (χ3v) is 4.12. The summed E-state index contributed by atoms with van der Waals surface area (Å²) >= 11 is 1.56. The highest BCUT2D eigenvalue weighted by Crippen LogP contribution is 2.24. The Hall–Kier alpha value is -2.14. The van der Waals surface area contributed by atoms with Crippen molar-refractivity contribution in [2.24, 2.45) is 0 Å². The number of nitrogen functional groups attached to an aromatic ring is 1. The minimum absolute atomic E-state index is 0.322. The predicted octanol–water partition coefficient (Wildman–Crippen LogP) is 3.47. The summed E-state index contributed by atoms with van der Waals surface area (Å²) in [5.41, 5.74) is 8.27. The van der Waals surface area contributed by atoms with E-state index in [0.717, 1.165) is 21.5 Å². The first-order valence-corrected chi connectivity index (χ1v) is 7.21. The second-order valence-electron chi connectivity index (χ2n) is 4.65. The van der Waals surface area contributed by atoms with Crippen LogP contribution in [0.1, 0.15) is 17.0 Å². The van der Waals surface area contributed by atoms with Gasteiger partial charge in [-0.3, -0.25) is 0 Å². The molecule has 0 unspecified atom stereocenters. The molecule has 0 bridgehead atoms. The molecular weight excluding hydrogens is 270 g/mol. The molecule has 0 atom stereocenters. The number of nitrogens with zero attached hydrogens (tertiary/aromatic N) is 2. The molecule has 4 nitrogen and oxygen atoms in total. The molecule has 5 heteroatoms. The van der Waals surface area contributed by atoms with Gasteiger partial charge < -0.3 is 10.5 Å². The van der Waals surface area contributed by atoms with Gasteiger partial charge in [0.05, 0.1) is 5.39 Å². The number of anilines is 1. The fourth-order valence-electron chi connectivity index (χ4n) is 2.01. The van der Waals surface area contributed by atoms with Gasteiger partial charge in [-0.15, -0.1) is 11.3 Å². The van der Waals surface area contributed by atoms with Crippen molar-refractivity contribution in [3.05, 3.63) is 46.6 Å². The summed E-state index contributed by atoms with van der Waals surface area (Å²) in [6, 6.07) is 7.93. The molecule has 0 aliphatic carbocycles. The van der Waals surface area contributed by atoms with E-state index >= 15 is 0 Å². The number of aryl methyl sites for hydroxylation is 1. The van der Waals surface area contributed by atoms with E-state index in [2.05, 4.69) is 23.0 Å². The van der Waals surface area contributed by atoms with Crippen molar-refractivity contribution >= 4 is 27.4 Å². The van der Waals surface area contributed by atoms with Crippen molar-refractivity contribution in [3.8, 4) is 5.75 Å². The molecule has 2 aromatic heterocycles. The molecule has 3 rings (SSSR count). The van der Waals surface area contributed by atoms with E-state index < -0.39 is 0 Å². The molecule has 102 valence electrons. The van der Waals surface area contributed by atoms with Crippen LogP contribution >= 0.6 is 11.3 Å². The summed E-state index contributed by atoms with van der Waals surface area (Å²) in [5, 5.41) is 2.87. The van der Waals surface area contributed by atoms with Gasteiger partial charge in [0.15, 0.2) is 5.82 Å². The minimum Gasteiger partial charge on any atom is -0.485 e. The molecule has 1 aromatic carbocycles. The van der Waals surface area contributed by atoms with Crippen molar-refractivity contribution in [2.75, 3.05) is 5.73 Å². The molecule has 0 spiro atoms. The maximum Gasteiger partial charge on any atom is 0.169 e. The largest absolute Gasteiger partial charge is 0.485 e. The lowest BCUT2D eigenvalue weighted by molar-refractivity contribution is 0.294. The third kappa shape index (κ3) is 2.32. The molecule has 20 heavy (non-hydrogen) atoms. The Morgan fingerprint density at radius 1 is 1.20 bits per heavy atom. The Morgan fingerprint density at radius 2 is 2.05 bits per heavy atom. The fourth-order valence-corrected chi connectivity index (χ4v) is 2.80.